The highest BCUT2D eigenvalue weighted by molar-refractivity contribution is 7.03. The minimum absolute atomic E-state index is 0.0702. The molecule has 15 rings (SSSR count). The second-order valence-corrected chi connectivity index (χ2v) is 16.2. The number of rotatable bonds is 1. The van der Waals surface area contributed by atoms with E-state index in [1.54, 1.807) is 0 Å². The second kappa shape index (κ2) is 9.60. The first-order valence-corrected chi connectivity index (χ1v) is 19.9. The zero-order valence-electron chi connectivity index (χ0n) is 30.2. The molecule has 0 saturated heterocycles. The lowest BCUT2D eigenvalue weighted by Crippen LogP contribution is -2.56. The zero-order valence-corrected chi connectivity index (χ0v) is 30.2. The van der Waals surface area contributed by atoms with Crippen molar-refractivity contribution in [2.45, 2.75) is 0 Å². The zero-order chi connectivity index (χ0) is 36.0. The van der Waals surface area contributed by atoms with Crippen LogP contribution in [-0.4, -0.2) is 22.6 Å². The Balaban J connectivity index is 1.22. The van der Waals surface area contributed by atoms with Crippen molar-refractivity contribution in [1.29, 1.82) is 0 Å². The summed E-state index contributed by atoms with van der Waals surface area (Å²) < 4.78 is 5.29. The number of benzene rings is 10. The lowest BCUT2D eigenvalue weighted by molar-refractivity contribution is 1.21. The van der Waals surface area contributed by atoms with Gasteiger partial charge in [-0.15, -0.1) is 0 Å². The lowest BCUT2D eigenvalue weighted by atomic mass is 9.34. The first-order chi connectivity index (χ1) is 27.9. The summed E-state index contributed by atoms with van der Waals surface area (Å²) in [7, 11) is 0. The Morgan fingerprint density at radius 1 is 0.304 bits per heavy atom. The number of hydrogen-bond donors (Lipinski definition) is 0. The second-order valence-electron chi connectivity index (χ2n) is 16.2. The fourth-order valence-corrected chi connectivity index (χ4v) is 12.0. The molecule has 0 radical (unpaired) electrons. The van der Waals surface area contributed by atoms with Gasteiger partial charge in [0.05, 0.1) is 11.0 Å². The van der Waals surface area contributed by atoms with E-state index < -0.39 is 0 Å². The Morgan fingerprint density at radius 2 is 0.821 bits per heavy atom. The van der Waals surface area contributed by atoms with Crippen molar-refractivity contribution < 1.29 is 0 Å². The molecule has 5 heterocycles. The Hall–Kier alpha value is -7.03. The van der Waals surface area contributed by atoms with Crippen LogP contribution in [0.4, 0.5) is 0 Å². The Kier molecular flexibility index (Phi) is 4.87. The minimum atomic E-state index is 0.0702. The summed E-state index contributed by atoms with van der Waals surface area (Å²) in [6.07, 6.45) is 0. The van der Waals surface area contributed by atoms with Crippen LogP contribution in [0, 0.1) is 0 Å². The molecule has 0 unspecified atom stereocenters. The van der Waals surface area contributed by atoms with Crippen LogP contribution in [0.2, 0.25) is 0 Å². The molecule has 252 valence electrons. The standard InChI is InChI=1S/C52H28B2N2/c1-2-13-29(14-3-1)53-41-24-12-18-34-31-16-5-8-25-42(31)55(49(34)41)51-38-21-11-20-37-45(38)44-36(47(51)53)19-10-22-39(44)52-48(37)54-40-23-7-4-15-30(40)33-27-28-35-32-17-6-9-26-43(32)56(52)50(35)46(33)54/h1-28H. The molecule has 10 aromatic carbocycles. The van der Waals surface area contributed by atoms with Crippen LogP contribution in [0.5, 0.6) is 0 Å². The summed E-state index contributed by atoms with van der Waals surface area (Å²) in [6, 6.07) is 64.7. The summed E-state index contributed by atoms with van der Waals surface area (Å²) in [4.78, 5) is 0. The molecule has 2 nitrogen and oxygen atoms in total. The maximum Gasteiger partial charge on any atom is 0.249 e. The maximum absolute atomic E-state index is 2.66. The van der Waals surface area contributed by atoms with E-state index in [4.69, 9.17) is 0 Å². The van der Waals surface area contributed by atoms with Crippen LogP contribution in [-0.2, 0) is 0 Å². The highest BCUT2D eigenvalue weighted by Gasteiger charge is 2.44. The summed E-state index contributed by atoms with van der Waals surface area (Å²) in [5.41, 5.74) is 19.1. The van der Waals surface area contributed by atoms with Crippen LogP contribution in [0.3, 0.4) is 0 Å². The molecule has 2 aromatic heterocycles. The van der Waals surface area contributed by atoms with E-state index >= 15 is 0 Å². The van der Waals surface area contributed by atoms with Gasteiger partial charge in [0.1, 0.15) is 0 Å². The molecular weight excluding hydrogens is 674 g/mol. The third kappa shape index (κ3) is 3.03. The molecule has 3 aliphatic heterocycles. The SMILES string of the molecule is c1ccc(B2c3c(c4cccc5c6c(c7cccc3c7c54)-n3c4ccccc4c4ccc5c(c43)B6c3ccccc3-5)-n3c4ccccc4c4cccc2c43)cc1. The van der Waals surface area contributed by atoms with E-state index in [0.717, 1.165) is 0 Å². The largest absolute Gasteiger partial charge is 0.310 e. The van der Waals surface area contributed by atoms with E-state index in [0.29, 0.717) is 0 Å². The van der Waals surface area contributed by atoms with Crippen molar-refractivity contribution in [2.75, 3.05) is 0 Å². The minimum Gasteiger partial charge on any atom is -0.310 e. The Bertz CT molecular complexity index is 3700. The Morgan fingerprint density at radius 3 is 1.55 bits per heavy atom. The van der Waals surface area contributed by atoms with Gasteiger partial charge >= 0.3 is 0 Å². The molecule has 0 atom stereocenters. The normalized spacial score (nSPS) is 13.6. The number of hydrogen-bond acceptors (Lipinski definition) is 0. The van der Waals surface area contributed by atoms with Crippen molar-refractivity contribution in [3.8, 4) is 22.5 Å². The van der Waals surface area contributed by atoms with Crippen molar-refractivity contribution in [3.63, 3.8) is 0 Å². The first kappa shape index (κ1) is 28.4. The molecule has 12 aromatic rings. The van der Waals surface area contributed by atoms with Gasteiger partial charge in [-0.3, -0.25) is 0 Å². The van der Waals surface area contributed by atoms with Gasteiger partial charge in [0.25, 0.3) is 0 Å². The predicted octanol–water partition coefficient (Wildman–Crippen LogP) is 8.42. The van der Waals surface area contributed by atoms with E-state index in [2.05, 4.69) is 179 Å². The molecule has 0 N–H and O–H groups in total. The summed E-state index contributed by atoms with van der Waals surface area (Å²) in [5.74, 6) is 0. The summed E-state index contributed by atoms with van der Waals surface area (Å²) in [6.45, 7) is 0.208. The van der Waals surface area contributed by atoms with Crippen LogP contribution >= 0.6 is 0 Å². The summed E-state index contributed by atoms with van der Waals surface area (Å²) in [5, 5.41) is 13.4. The van der Waals surface area contributed by atoms with E-state index in [-0.39, 0.29) is 13.4 Å². The predicted molar refractivity (Wildman–Crippen MR) is 240 cm³/mol. The smallest absolute Gasteiger partial charge is 0.249 e. The fraction of sp³-hybridized carbons (Fsp3) is 0. The Labute approximate surface area is 322 Å². The van der Waals surface area contributed by atoms with Gasteiger partial charge in [-0.2, -0.15) is 0 Å². The number of aromatic nitrogens is 2. The van der Waals surface area contributed by atoms with Crippen LogP contribution in [0.15, 0.2) is 170 Å². The number of nitrogens with zero attached hydrogens (tertiary/aromatic N) is 2. The van der Waals surface area contributed by atoms with E-state index in [1.807, 2.05) is 0 Å². The molecule has 0 spiro atoms. The van der Waals surface area contributed by atoms with Crippen LogP contribution in [0.25, 0.3) is 98.4 Å². The van der Waals surface area contributed by atoms with Crippen LogP contribution in [0.1, 0.15) is 0 Å². The molecule has 0 bridgehead atoms. The monoisotopic (exact) mass is 702 g/mol. The van der Waals surface area contributed by atoms with Gasteiger partial charge in [-0.25, -0.2) is 0 Å². The third-order valence-electron chi connectivity index (χ3n) is 13.9. The topological polar surface area (TPSA) is 9.86 Å². The molecular formula is C52H28B2N2. The van der Waals surface area contributed by atoms with E-state index in [1.165, 1.54) is 131 Å². The number of para-hydroxylation sites is 3. The third-order valence-corrected chi connectivity index (χ3v) is 13.9. The maximum atomic E-state index is 2.66. The van der Waals surface area contributed by atoms with Gasteiger partial charge in [-0.05, 0) is 66.7 Å². The fourth-order valence-electron chi connectivity index (χ4n) is 12.0. The average Bonchev–Trinajstić information content (AvgIpc) is 3.90. The van der Waals surface area contributed by atoms with Gasteiger partial charge in [-0.1, -0.05) is 169 Å². The lowest BCUT2D eigenvalue weighted by Gasteiger charge is -2.33. The van der Waals surface area contributed by atoms with Crippen LogP contribution < -0.4 is 32.8 Å². The molecule has 0 fully saturated rings. The summed E-state index contributed by atoms with van der Waals surface area (Å²) >= 11 is 0. The first-order valence-electron chi connectivity index (χ1n) is 19.9. The average molecular weight is 702 g/mol. The highest BCUT2D eigenvalue weighted by atomic mass is 15.0. The van der Waals surface area contributed by atoms with E-state index in [9.17, 15) is 0 Å². The van der Waals surface area contributed by atoms with Gasteiger partial charge in [0.15, 0.2) is 0 Å². The van der Waals surface area contributed by atoms with Crippen molar-refractivity contribution in [3.05, 3.63) is 170 Å². The van der Waals surface area contributed by atoms with Crippen molar-refractivity contribution in [2.24, 2.45) is 0 Å². The molecule has 4 heteroatoms. The van der Waals surface area contributed by atoms with Crippen molar-refractivity contribution >= 4 is 122 Å². The molecule has 56 heavy (non-hydrogen) atoms. The molecule has 3 aliphatic rings. The quantitative estimate of drug-likeness (QED) is 0.120. The van der Waals surface area contributed by atoms with Gasteiger partial charge in [0.2, 0.25) is 13.4 Å². The molecule has 0 saturated carbocycles. The van der Waals surface area contributed by atoms with Gasteiger partial charge in [0, 0.05) is 54.7 Å². The molecule has 0 aliphatic carbocycles. The number of fused-ring (bicyclic) bond motifs is 18. The van der Waals surface area contributed by atoms with Gasteiger partial charge < -0.3 is 9.13 Å². The molecule has 0 amide bonds. The van der Waals surface area contributed by atoms with Crippen molar-refractivity contribution in [1.82, 2.24) is 9.13 Å². The highest BCUT2D eigenvalue weighted by Crippen LogP contribution is 2.46.